The van der Waals surface area contributed by atoms with E-state index in [9.17, 15) is 14.7 Å². The Balaban J connectivity index is 2.14. The molecule has 1 aromatic heterocycles. The lowest BCUT2D eigenvalue weighted by molar-refractivity contribution is 0.0846. The molecule has 4 nitrogen and oxygen atoms in total. The third-order valence-corrected chi connectivity index (χ3v) is 4.80. The first-order valence-electron chi connectivity index (χ1n) is 7.68. The van der Waals surface area contributed by atoms with E-state index < -0.39 is 6.10 Å². The molecule has 0 fully saturated rings. The Kier molecular flexibility index (Phi) is 6.07. The third kappa shape index (κ3) is 4.27. The standard InChI is InChI=1S/C18H21NO3S/c1-3-12(2)15(20)11-19-18(22)14-8-5-4-7-13(14)17(21)16-9-6-10-23-16/h4-10,12,15,20H,3,11H2,1-2H3,(H,19,22). The minimum atomic E-state index is -0.593. The van der Waals surface area contributed by atoms with Crippen LogP contribution in [0.4, 0.5) is 0 Å². The average molecular weight is 331 g/mol. The average Bonchev–Trinajstić information content (AvgIpc) is 3.12. The molecule has 0 aliphatic heterocycles. The fourth-order valence-corrected chi connectivity index (χ4v) is 2.86. The topological polar surface area (TPSA) is 66.4 Å². The van der Waals surface area contributed by atoms with Crippen molar-refractivity contribution >= 4 is 23.0 Å². The number of carbonyl (C=O) groups is 2. The SMILES string of the molecule is CCC(C)C(O)CNC(=O)c1ccccc1C(=O)c1cccs1. The molecule has 0 radical (unpaired) electrons. The van der Waals surface area contributed by atoms with Crippen LogP contribution in [0.5, 0.6) is 0 Å². The molecule has 5 heteroatoms. The number of carbonyl (C=O) groups excluding carboxylic acids is 2. The number of amides is 1. The number of thiophene rings is 1. The lowest BCUT2D eigenvalue weighted by Crippen LogP contribution is -2.36. The quantitative estimate of drug-likeness (QED) is 0.766. The molecule has 0 saturated carbocycles. The molecule has 0 aliphatic carbocycles. The van der Waals surface area contributed by atoms with Gasteiger partial charge in [0.05, 0.1) is 16.5 Å². The maximum absolute atomic E-state index is 12.5. The van der Waals surface area contributed by atoms with E-state index in [-0.39, 0.29) is 24.2 Å². The fraction of sp³-hybridized carbons (Fsp3) is 0.333. The van der Waals surface area contributed by atoms with Crippen molar-refractivity contribution in [3.05, 3.63) is 57.8 Å². The van der Waals surface area contributed by atoms with Crippen molar-refractivity contribution in [2.45, 2.75) is 26.4 Å². The molecule has 1 aromatic carbocycles. The summed E-state index contributed by atoms with van der Waals surface area (Å²) in [6, 6.07) is 10.3. The van der Waals surface area contributed by atoms with Crippen LogP contribution >= 0.6 is 11.3 Å². The molecule has 0 aliphatic rings. The smallest absolute Gasteiger partial charge is 0.252 e. The summed E-state index contributed by atoms with van der Waals surface area (Å²) in [4.78, 5) is 25.5. The molecule has 23 heavy (non-hydrogen) atoms. The van der Waals surface area contributed by atoms with Crippen molar-refractivity contribution in [2.75, 3.05) is 6.54 Å². The Hall–Kier alpha value is -1.98. The first kappa shape index (κ1) is 17.4. The molecule has 0 saturated heterocycles. The van der Waals surface area contributed by atoms with Gasteiger partial charge < -0.3 is 10.4 Å². The molecule has 2 aromatic rings. The second-order valence-electron chi connectivity index (χ2n) is 5.51. The van der Waals surface area contributed by atoms with Crippen LogP contribution in [0.1, 0.15) is 45.9 Å². The third-order valence-electron chi connectivity index (χ3n) is 3.93. The molecule has 1 amide bonds. The van der Waals surface area contributed by atoms with E-state index >= 15 is 0 Å². The zero-order valence-electron chi connectivity index (χ0n) is 13.3. The van der Waals surface area contributed by atoms with E-state index in [1.807, 2.05) is 25.3 Å². The van der Waals surface area contributed by atoms with Gasteiger partial charge >= 0.3 is 0 Å². The van der Waals surface area contributed by atoms with E-state index in [0.717, 1.165) is 6.42 Å². The van der Waals surface area contributed by atoms with Crippen molar-refractivity contribution in [2.24, 2.45) is 5.92 Å². The van der Waals surface area contributed by atoms with Crippen LogP contribution in [0.2, 0.25) is 0 Å². The van der Waals surface area contributed by atoms with E-state index in [0.29, 0.717) is 16.0 Å². The van der Waals surface area contributed by atoms with Gasteiger partial charge in [-0.3, -0.25) is 9.59 Å². The second kappa shape index (κ2) is 8.04. The summed E-state index contributed by atoms with van der Waals surface area (Å²) in [5.41, 5.74) is 0.715. The van der Waals surface area contributed by atoms with Gasteiger partial charge in [0.25, 0.3) is 5.91 Å². The maximum atomic E-state index is 12.5. The highest BCUT2D eigenvalue weighted by Crippen LogP contribution is 2.18. The van der Waals surface area contributed by atoms with Gasteiger partial charge in [-0.05, 0) is 23.4 Å². The van der Waals surface area contributed by atoms with Crippen LogP contribution in [-0.2, 0) is 0 Å². The number of benzene rings is 1. The van der Waals surface area contributed by atoms with Crippen LogP contribution in [-0.4, -0.2) is 29.4 Å². The first-order chi connectivity index (χ1) is 11.0. The van der Waals surface area contributed by atoms with Crippen LogP contribution in [0.3, 0.4) is 0 Å². The summed E-state index contributed by atoms with van der Waals surface area (Å²) in [7, 11) is 0. The fourth-order valence-electron chi connectivity index (χ4n) is 2.19. The first-order valence-corrected chi connectivity index (χ1v) is 8.56. The molecule has 2 N–H and O–H groups in total. The zero-order valence-corrected chi connectivity index (χ0v) is 14.1. The summed E-state index contributed by atoms with van der Waals surface area (Å²) in [5.74, 6) is -0.389. The monoisotopic (exact) mass is 331 g/mol. The highest BCUT2D eigenvalue weighted by atomic mass is 32.1. The van der Waals surface area contributed by atoms with Gasteiger partial charge in [-0.2, -0.15) is 0 Å². The van der Waals surface area contributed by atoms with E-state index in [4.69, 9.17) is 0 Å². The Bertz CT molecular complexity index is 667. The second-order valence-corrected chi connectivity index (χ2v) is 6.46. The molecule has 0 bridgehead atoms. The van der Waals surface area contributed by atoms with E-state index in [1.54, 1.807) is 30.3 Å². The summed E-state index contributed by atoms with van der Waals surface area (Å²) in [6.07, 6.45) is 0.244. The van der Waals surface area contributed by atoms with Gasteiger partial charge in [0.2, 0.25) is 5.78 Å². The molecule has 1 heterocycles. The maximum Gasteiger partial charge on any atom is 0.252 e. The Morgan fingerprint density at radius 2 is 1.87 bits per heavy atom. The minimum Gasteiger partial charge on any atom is -0.391 e. The molecular formula is C18H21NO3S. The summed E-state index contributed by atoms with van der Waals surface area (Å²) >= 11 is 1.35. The minimum absolute atomic E-state index is 0.110. The number of hydrogen-bond donors (Lipinski definition) is 2. The lowest BCUT2D eigenvalue weighted by Gasteiger charge is -2.18. The molecule has 122 valence electrons. The van der Waals surface area contributed by atoms with Crippen LogP contribution < -0.4 is 5.32 Å². The Labute approximate surface area is 140 Å². The number of aliphatic hydroxyl groups excluding tert-OH is 1. The van der Waals surface area contributed by atoms with Crippen molar-refractivity contribution in [1.29, 1.82) is 0 Å². The summed E-state index contributed by atoms with van der Waals surface area (Å²) in [6.45, 7) is 4.10. The van der Waals surface area contributed by atoms with Crippen LogP contribution in [0.25, 0.3) is 0 Å². The summed E-state index contributed by atoms with van der Waals surface area (Å²) in [5, 5.41) is 14.5. The van der Waals surface area contributed by atoms with Gasteiger partial charge in [-0.15, -0.1) is 11.3 Å². The molecule has 0 spiro atoms. The predicted molar refractivity (Wildman–Crippen MR) is 92.0 cm³/mol. The van der Waals surface area contributed by atoms with Crippen molar-refractivity contribution in [3.8, 4) is 0 Å². The molecule has 2 unspecified atom stereocenters. The normalized spacial score (nSPS) is 13.3. The molecular weight excluding hydrogens is 310 g/mol. The highest BCUT2D eigenvalue weighted by Gasteiger charge is 2.20. The predicted octanol–water partition coefficient (Wildman–Crippen LogP) is 3.12. The van der Waals surface area contributed by atoms with Gasteiger partial charge in [-0.25, -0.2) is 0 Å². The number of nitrogens with one attached hydrogen (secondary N) is 1. The Morgan fingerprint density at radius 3 is 2.48 bits per heavy atom. The number of aliphatic hydroxyl groups is 1. The van der Waals surface area contributed by atoms with Gasteiger partial charge in [0, 0.05) is 12.1 Å². The van der Waals surface area contributed by atoms with Gasteiger partial charge in [0.1, 0.15) is 0 Å². The van der Waals surface area contributed by atoms with E-state index in [1.165, 1.54) is 11.3 Å². The number of hydrogen-bond acceptors (Lipinski definition) is 4. The zero-order chi connectivity index (χ0) is 16.8. The highest BCUT2D eigenvalue weighted by molar-refractivity contribution is 7.12. The van der Waals surface area contributed by atoms with Crippen molar-refractivity contribution < 1.29 is 14.7 Å². The number of rotatable bonds is 7. The van der Waals surface area contributed by atoms with Crippen molar-refractivity contribution in [1.82, 2.24) is 5.32 Å². The molecule has 2 atom stereocenters. The summed E-state index contributed by atoms with van der Waals surface area (Å²) < 4.78 is 0. The molecule has 2 rings (SSSR count). The van der Waals surface area contributed by atoms with Gasteiger partial charge in [-0.1, -0.05) is 44.5 Å². The number of ketones is 1. The van der Waals surface area contributed by atoms with Crippen LogP contribution in [0, 0.1) is 5.92 Å². The van der Waals surface area contributed by atoms with Crippen LogP contribution in [0.15, 0.2) is 41.8 Å². The Morgan fingerprint density at radius 1 is 1.17 bits per heavy atom. The van der Waals surface area contributed by atoms with Crippen molar-refractivity contribution in [3.63, 3.8) is 0 Å². The largest absolute Gasteiger partial charge is 0.391 e. The van der Waals surface area contributed by atoms with Gasteiger partial charge in [0.15, 0.2) is 0 Å². The lowest BCUT2D eigenvalue weighted by atomic mass is 10.0. The van der Waals surface area contributed by atoms with E-state index in [2.05, 4.69) is 5.32 Å².